The van der Waals surface area contributed by atoms with Crippen molar-refractivity contribution in [2.24, 2.45) is 5.92 Å². The first-order valence-corrected chi connectivity index (χ1v) is 9.28. The molecule has 1 aromatic heterocycles. The molecule has 0 saturated heterocycles. The minimum absolute atomic E-state index is 0.374. The Balaban J connectivity index is 2.31. The monoisotopic (exact) mass is 372 g/mol. The second kappa shape index (κ2) is 7.88. The maximum atomic E-state index is 12.3. The zero-order valence-corrected chi connectivity index (χ0v) is 16.9. The van der Waals surface area contributed by atoms with Gasteiger partial charge in [0, 0.05) is 5.56 Å². The Labute approximate surface area is 158 Å². The molecule has 0 aliphatic carbocycles. The molecule has 26 heavy (non-hydrogen) atoms. The van der Waals surface area contributed by atoms with Crippen LogP contribution in [-0.4, -0.2) is 23.2 Å². The Bertz CT molecular complexity index is 842. The van der Waals surface area contributed by atoms with Gasteiger partial charge in [0.2, 0.25) is 5.69 Å². The number of thiazole rings is 1. The zero-order valence-electron chi connectivity index (χ0n) is 16.0. The van der Waals surface area contributed by atoms with Gasteiger partial charge in [-0.25, -0.2) is 14.6 Å². The lowest BCUT2D eigenvalue weighted by atomic mass is 10.2. The lowest BCUT2D eigenvalue weighted by Crippen LogP contribution is -2.23. The van der Waals surface area contributed by atoms with Gasteiger partial charge in [-0.15, -0.1) is 11.3 Å². The van der Waals surface area contributed by atoms with E-state index in [0.717, 1.165) is 5.56 Å². The van der Waals surface area contributed by atoms with Crippen LogP contribution in [0.4, 0.5) is 5.69 Å². The van der Waals surface area contributed by atoms with Crippen LogP contribution in [0, 0.1) is 19.4 Å². The van der Waals surface area contributed by atoms with Crippen molar-refractivity contribution in [2.75, 3.05) is 6.61 Å². The second-order valence-electron chi connectivity index (χ2n) is 7.43. The molecule has 6 heteroatoms. The number of hydrogen-bond donors (Lipinski definition) is 0. The minimum Gasteiger partial charge on any atom is -0.504 e. The van der Waals surface area contributed by atoms with Gasteiger partial charge in [0.1, 0.15) is 21.2 Å². The lowest BCUT2D eigenvalue weighted by molar-refractivity contribution is 0.00742. The number of carbonyl (C=O) groups is 1. The molecule has 0 N–H and O–H groups in total. The summed E-state index contributed by atoms with van der Waals surface area (Å²) in [6.07, 6.45) is 0. The van der Waals surface area contributed by atoms with Crippen LogP contribution in [0.1, 0.15) is 50.0 Å². The topological polar surface area (TPSA) is 52.8 Å². The number of benzene rings is 1. The van der Waals surface area contributed by atoms with E-state index in [4.69, 9.17) is 16.0 Å². The molecule has 138 valence electrons. The van der Waals surface area contributed by atoms with Crippen molar-refractivity contribution >= 4 is 23.0 Å². The highest BCUT2D eigenvalue weighted by molar-refractivity contribution is 7.17. The Kier molecular flexibility index (Phi) is 6.04. The van der Waals surface area contributed by atoms with Gasteiger partial charge in [-0.1, -0.05) is 19.9 Å². The van der Waals surface area contributed by atoms with Crippen LogP contribution in [0.3, 0.4) is 0 Å². The van der Waals surface area contributed by atoms with Crippen molar-refractivity contribution in [3.63, 3.8) is 0 Å². The number of esters is 1. The maximum Gasteiger partial charge on any atom is 0.350 e. The van der Waals surface area contributed by atoms with E-state index >= 15 is 0 Å². The minimum atomic E-state index is -0.555. The third kappa shape index (κ3) is 5.06. The maximum absolute atomic E-state index is 12.3. The molecule has 1 heterocycles. The van der Waals surface area contributed by atoms with Crippen molar-refractivity contribution in [1.82, 2.24) is 4.98 Å². The smallest absolute Gasteiger partial charge is 0.350 e. The molecule has 0 radical (unpaired) electrons. The first-order valence-electron chi connectivity index (χ1n) is 8.46. The summed E-state index contributed by atoms with van der Waals surface area (Å²) in [6, 6.07) is 5.40. The van der Waals surface area contributed by atoms with Gasteiger partial charge in [-0.3, -0.25) is 0 Å². The lowest BCUT2D eigenvalue weighted by Gasteiger charge is -2.18. The third-order valence-electron chi connectivity index (χ3n) is 3.28. The quantitative estimate of drug-likeness (QED) is 0.502. The summed E-state index contributed by atoms with van der Waals surface area (Å²) < 4.78 is 11.1. The molecule has 0 amide bonds. The Hall–Kier alpha value is -2.39. The number of ether oxygens (including phenoxy) is 2. The van der Waals surface area contributed by atoms with E-state index in [0.29, 0.717) is 39.5 Å². The molecule has 0 unspecified atom stereocenters. The highest BCUT2D eigenvalue weighted by Gasteiger charge is 2.23. The fourth-order valence-corrected chi connectivity index (χ4v) is 3.09. The first-order chi connectivity index (χ1) is 12.1. The van der Waals surface area contributed by atoms with Crippen LogP contribution < -0.4 is 4.74 Å². The molecule has 2 aromatic rings. The molecule has 1 aromatic carbocycles. The van der Waals surface area contributed by atoms with Gasteiger partial charge < -0.3 is 9.47 Å². The van der Waals surface area contributed by atoms with E-state index in [1.54, 1.807) is 19.1 Å². The van der Waals surface area contributed by atoms with E-state index in [9.17, 15) is 4.79 Å². The van der Waals surface area contributed by atoms with Gasteiger partial charge in [0.05, 0.1) is 18.9 Å². The van der Waals surface area contributed by atoms with Crippen LogP contribution in [0.15, 0.2) is 18.2 Å². The molecule has 0 aliphatic heterocycles. The fourth-order valence-electron chi connectivity index (χ4n) is 2.15. The number of hydrogen-bond acceptors (Lipinski definition) is 5. The molecular formula is C20H24N2O3S. The van der Waals surface area contributed by atoms with Gasteiger partial charge in [-0.05, 0) is 45.7 Å². The van der Waals surface area contributed by atoms with E-state index in [2.05, 4.69) is 23.7 Å². The largest absolute Gasteiger partial charge is 0.504 e. The second-order valence-corrected chi connectivity index (χ2v) is 8.43. The summed E-state index contributed by atoms with van der Waals surface area (Å²) in [7, 11) is 0. The molecule has 0 saturated carbocycles. The van der Waals surface area contributed by atoms with E-state index in [1.807, 2.05) is 26.8 Å². The molecule has 5 nitrogen and oxygen atoms in total. The van der Waals surface area contributed by atoms with Gasteiger partial charge in [-0.2, -0.15) is 0 Å². The van der Waals surface area contributed by atoms with E-state index in [1.165, 1.54) is 11.3 Å². The summed E-state index contributed by atoms with van der Waals surface area (Å²) in [5.41, 5.74) is 1.30. The standard InChI is InChI=1S/C20H24N2O3S/c1-12(2)11-24-16-9-8-14(10-15(16)21-7)18-22-13(3)17(26-18)19(23)25-20(4,5)6/h8-10,12H,11H2,1-6H3. The zero-order chi connectivity index (χ0) is 19.5. The van der Waals surface area contributed by atoms with Crippen molar-refractivity contribution in [2.45, 2.75) is 47.1 Å². The van der Waals surface area contributed by atoms with E-state index in [-0.39, 0.29) is 5.97 Å². The summed E-state index contributed by atoms with van der Waals surface area (Å²) in [5.74, 6) is 0.574. The predicted octanol–water partition coefficient (Wildman–Crippen LogP) is 5.66. The van der Waals surface area contributed by atoms with Gasteiger partial charge in [0.15, 0.2) is 0 Å². The summed E-state index contributed by atoms with van der Waals surface area (Å²) >= 11 is 1.28. The van der Waals surface area contributed by atoms with Gasteiger partial charge >= 0.3 is 5.97 Å². The molecular weight excluding hydrogens is 348 g/mol. The number of aryl methyl sites for hydroxylation is 1. The summed E-state index contributed by atoms with van der Waals surface area (Å²) in [5, 5.41) is 0.684. The number of nitrogens with zero attached hydrogens (tertiary/aromatic N) is 2. The molecule has 0 atom stereocenters. The van der Waals surface area contributed by atoms with Crippen LogP contribution in [-0.2, 0) is 4.74 Å². The molecule has 0 aliphatic rings. The average molecular weight is 372 g/mol. The highest BCUT2D eigenvalue weighted by atomic mass is 32.1. The normalized spacial score (nSPS) is 11.3. The van der Waals surface area contributed by atoms with Crippen LogP contribution in [0.25, 0.3) is 15.4 Å². The van der Waals surface area contributed by atoms with Crippen LogP contribution >= 0.6 is 11.3 Å². The van der Waals surface area contributed by atoms with Crippen molar-refractivity contribution in [1.29, 1.82) is 0 Å². The van der Waals surface area contributed by atoms with Crippen molar-refractivity contribution < 1.29 is 14.3 Å². The van der Waals surface area contributed by atoms with Crippen LogP contribution in [0.2, 0.25) is 0 Å². The summed E-state index contributed by atoms with van der Waals surface area (Å²) in [6.45, 7) is 19.4. The number of rotatable bonds is 5. The Morgan fingerprint density at radius 1 is 1.35 bits per heavy atom. The number of carbonyl (C=O) groups excluding carboxylic acids is 1. The van der Waals surface area contributed by atoms with Crippen LogP contribution in [0.5, 0.6) is 5.75 Å². The SMILES string of the molecule is [C-]#[N+]c1cc(-c2nc(C)c(C(=O)OC(C)(C)C)s2)ccc1OCC(C)C. The van der Waals surface area contributed by atoms with Gasteiger partial charge in [0.25, 0.3) is 0 Å². The first kappa shape index (κ1) is 19.9. The fraction of sp³-hybridized carbons (Fsp3) is 0.450. The van der Waals surface area contributed by atoms with Crippen molar-refractivity contribution in [3.05, 3.63) is 40.2 Å². The Morgan fingerprint density at radius 2 is 2.04 bits per heavy atom. The number of aromatic nitrogens is 1. The van der Waals surface area contributed by atoms with Crippen molar-refractivity contribution in [3.8, 4) is 16.3 Å². The third-order valence-corrected chi connectivity index (χ3v) is 4.47. The average Bonchev–Trinajstić information content (AvgIpc) is 2.93. The predicted molar refractivity (Wildman–Crippen MR) is 104 cm³/mol. The molecule has 0 bridgehead atoms. The Morgan fingerprint density at radius 3 is 2.62 bits per heavy atom. The molecule has 0 fully saturated rings. The molecule has 2 rings (SSSR count). The molecule has 0 spiro atoms. The summed E-state index contributed by atoms with van der Waals surface area (Å²) in [4.78, 5) is 20.9. The highest BCUT2D eigenvalue weighted by Crippen LogP contribution is 2.36. The van der Waals surface area contributed by atoms with E-state index < -0.39 is 5.60 Å².